The quantitative estimate of drug-likeness (QED) is 0.890. The normalized spacial score (nSPS) is 20.8. The Morgan fingerprint density at radius 1 is 1.33 bits per heavy atom. The van der Waals surface area contributed by atoms with Crippen LogP contribution in [0.25, 0.3) is 0 Å². The van der Waals surface area contributed by atoms with Crippen molar-refractivity contribution < 1.29 is 0 Å². The van der Waals surface area contributed by atoms with E-state index in [0.29, 0.717) is 0 Å². The van der Waals surface area contributed by atoms with Crippen LogP contribution in [0.5, 0.6) is 0 Å². The molecule has 0 aromatic carbocycles. The highest BCUT2D eigenvalue weighted by Gasteiger charge is 2.15. The van der Waals surface area contributed by atoms with E-state index in [1.807, 2.05) is 7.05 Å². The summed E-state index contributed by atoms with van der Waals surface area (Å²) in [6.45, 7) is 7.67. The number of nitrogens with one attached hydrogen (secondary N) is 1. The van der Waals surface area contributed by atoms with Gasteiger partial charge in [-0.05, 0) is 50.8 Å². The molecule has 1 aromatic rings. The van der Waals surface area contributed by atoms with E-state index in [1.165, 1.54) is 24.8 Å². The Morgan fingerprint density at radius 2 is 2.17 bits per heavy atom. The van der Waals surface area contributed by atoms with Crippen molar-refractivity contribution in [1.29, 1.82) is 0 Å². The van der Waals surface area contributed by atoms with E-state index >= 15 is 0 Å². The predicted octanol–water partition coefficient (Wildman–Crippen LogP) is 2.74. The molecule has 2 heterocycles. The van der Waals surface area contributed by atoms with Crippen LogP contribution in [-0.2, 0) is 6.54 Å². The number of nitrogens with zero attached hydrogens (tertiary/aromatic N) is 2. The summed E-state index contributed by atoms with van der Waals surface area (Å²) in [4.78, 5) is 7.21. The molecule has 1 aromatic heterocycles. The number of aromatic nitrogens is 1. The molecule has 0 bridgehead atoms. The van der Waals surface area contributed by atoms with E-state index in [4.69, 9.17) is 4.98 Å². The minimum absolute atomic E-state index is 0.861. The Morgan fingerprint density at radius 3 is 2.89 bits per heavy atom. The molecule has 1 N–H and O–H groups in total. The average molecular weight is 247 g/mol. The van der Waals surface area contributed by atoms with E-state index in [0.717, 1.165) is 37.1 Å². The first-order chi connectivity index (χ1) is 8.70. The topological polar surface area (TPSA) is 28.2 Å². The molecule has 0 spiro atoms. The van der Waals surface area contributed by atoms with Crippen molar-refractivity contribution in [3.05, 3.63) is 23.4 Å². The highest BCUT2D eigenvalue weighted by Crippen LogP contribution is 2.22. The van der Waals surface area contributed by atoms with Crippen LogP contribution < -0.4 is 10.2 Å². The lowest BCUT2D eigenvalue weighted by Crippen LogP contribution is -2.25. The van der Waals surface area contributed by atoms with E-state index in [-0.39, 0.29) is 0 Å². The fourth-order valence-corrected chi connectivity index (χ4v) is 2.62. The Hall–Kier alpha value is -1.09. The second kappa shape index (κ2) is 6.19. The number of rotatable bonds is 3. The largest absolute Gasteiger partial charge is 0.357 e. The highest BCUT2D eigenvalue weighted by molar-refractivity contribution is 5.41. The van der Waals surface area contributed by atoms with E-state index in [1.54, 1.807) is 0 Å². The minimum Gasteiger partial charge on any atom is -0.357 e. The zero-order chi connectivity index (χ0) is 13.0. The van der Waals surface area contributed by atoms with Crippen molar-refractivity contribution >= 4 is 5.82 Å². The first-order valence-electron chi connectivity index (χ1n) is 7.06. The Kier molecular flexibility index (Phi) is 4.59. The SMILES string of the molecule is CNCc1ccc(N2CCCC(C)CC2)nc1C. The molecule has 1 aliphatic rings. The Labute approximate surface area is 111 Å². The lowest BCUT2D eigenvalue weighted by atomic mass is 10.0. The number of hydrogen-bond acceptors (Lipinski definition) is 3. The summed E-state index contributed by atoms with van der Waals surface area (Å²) in [6.07, 6.45) is 3.94. The fourth-order valence-electron chi connectivity index (χ4n) is 2.62. The van der Waals surface area contributed by atoms with Crippen molar-refractivity contribution in [3.8, 4) is 0 Å². The van der Waals surface area contributed by atoms with Crippen LogP contribution in [0.4, 0.5) is 5.82 Å². The van der Waals surface area contributed by atoms with Gasteiger partial charge in [0, 0.05) is 25.3 Å². The molecule has 0 amide bonds. The molecule has 1 atom stereocenters. The molecule has 0 aliphatic carbocycles. The summed E-state index contributed by atoms with van der Waals surface area (Å²) >= 11 is 0. The minimum atomic E-state index is 0.861. The van der Waals surface area contributed by atoms with Crippen LogP contribution in [0.3, 0.4) is 0 Å². The zero-order valence-electron chi connectivity index (χ0n) is 11.9. The molecule has 3 nitrogen and oxygen atoms in total. The Bertz CT molecular complexity index is 389. The van der Waals surface area contributed by atoms with Crippen LogP contribution in [-0.4, -0.2) is 25.1 Å². The molecule has 100 valence electrons. The molecule has 1 saturated heterocycles. The predicted molar refractivity (Wildman–Crippen MR) is 77.0 cm³/mol. The maximum Gasteiger partial charge on any atom is 0.128 e. The van der Waals surface area contributed by atoms with Gasteiger partial charge in [0.1, 0.15) is 5.82 Å². The van der Waals surface area contributed by atoms with Crippen LogP contribution in [0, 0.1) is 12.8 Å². The lowest BCUT2D eigenvalue weighted by Gasteiger charge is -2.22. The van der Waals surface area contributed by atoms with Gasteiger partial charge < -0.3 is 10.2 Å². The first kappa shape index (κ1) is 13.3. The average Bonchev–Trinajstić information content (AvgIpc) is 2.57. The van der Waals surface area contributed by atoms with Gasteiger partial charge in [-0.2, -0.15) is 0 Å². The van der Waals surface area contributed by atoms with Crippen LogP contribution in [0.2, 0.25) is 0 Å². The summed E-state index contributed by atoms with van der Waals surface area (Å²) in [6, 6.07) is 4.39. The third kappa shape index (κ3) is 3.22. The second-order valence-corrected chi connectivity index (χ2v) is 5.47. The maximum absolute atomic E-state index is 4.77. The van der Waals surface area contributed by atoms with Gasteiger partial charge in [0.15, 0.2) is 0 Å². The van der Waals surface area contributed by atoms with Crippen molar-refractivity contribution in [2.45, 2.75) is 39.7 Å². The molecule has 1 fully saturated rings. The third-order valence-electron chi connectivity index (χ3n) is 3.89. The summed E-state index contributed by atoms with van der Waals surface area (Å²) in [5, 5.41) is 3.19. The van der Waals surface area contributed by atoms with Crippen LogP contribution in [0.1, 0.15) is 37.4 Å². The van der Waals surface area contributed by atoms with Crippen molar-refractivity contribution in [2.75, 3.05) is 25.0 Å². The zero-order valence-corrected chi connectivity index (χ0v) is 11.9. The monoisotopic (exact) mass is 247 g/mol. The first-order valence-corrected chi connectivity index (χ1v) is 7.06. The molecular formula is C15H25N3. The van der Waals surface area contributed by atoms with Gasteiger partial charge in [-0.15, -0.1) is 0 Å². The number of anilines is 1. The number of pyridine rings is 1. The summed E-state index contributed by atoms with van der Waals surface area (Å²) in [7, 11) is 1.98. The summed E-state index contributed by atoms with van der Waals surface area (Å²) in [5.41, 5.74) is 2.45. The molecule has 1 unspecified atom stereocenters. The van der Waals surface area contributed by atoms with Gasteiger partial charge in [0.25, 0.3) is 0 Å². The lowest BCUT2D eigenvalue weighted by molar-refractivity contribution is 0.521. The van der Waals surface area contributed by atoms with E-state index in [2.05, 4.69) is 36.2 Å². The molecule has 0 radical (unpaired) electrons. The molecule has 3 heteroatoms. The maximum atomic E-state index is 4.77. The molecular weight excluding hydrogens is 222 g/mol. The Balaban J connectivity index is 2.10. The number of aryl methyl sites for hydroxylation is 1. The van der Waals surface area contributed by atoms with Gasteiger partial charge in [-0.1, -0.05) is 13.0 Å². The van der Waals surface area contributed by atoms with Crippen molar-refractivity contribution in [1.82, 2.24) is 10.3 Å². The second-order valence-electron chi connectivity index (χ2n) is 5.47. The number of hydrogen-bond donors (Lipinski definition) is 1. The smallest absolute Gasteiger partial charge is 0.128 e. The van der Waals surface area contributed by atoms with E-state index in [9.17, 15) is 0 Å². The third-order valence-corrected chi connectivity index (χ3v) is 3.89. The van der Waals surface area contributed by atoms with E-state index < -0.39 is 0 Å². The molecule has 18 heavy (non-hydrogen) atoms. The van der Waals surface area contributed by atoms with Crippen LogP contribution in [0.15, 0.2) is 12.1 Å². The van der Waals surface area contributed by atoms with Gasteiger partial charge >= 0.3 is 0 Å². The van der Waals surface area contributed by atoms with Gasteiger partial charge in [0.05, 0.1) is 0 Å². The molecule has 0 saturated carbocycles. The van der Waals surface area contributed by atoms with Gasteiger partial charge in [-0.25, -0.2) is 4.98 Å². The summed E-state index contributed by atoms with van der Waals surface area (Å²) in [5.74, 6) is 2.01. The van der Waals surface area contributed by atoms with Crippen molar-refractivity contribution in [2.24, 2.45) is 5.92 Å². The molecule has 2 rings (SSSR count). The van der Waals surface area contributed by atoms with Gasteiger partial charge in [-0.3, -0.25) is 0 Å². The molecule has 1 aliphatic heterocycles. The standard InChI is InChI=1S/C15H25N3/c1-12-5-4-9-18(10-8-12)15-7-6-14(11-16-3)13(2)17-15/h6-7,12,16H,4-5,8-11H2,1-3H3. The van der Waals surface area contributed by atoms with Crippen molar-refractivity contribution in [3.63, 3.8) is 0 Å². The fraction of sp³-hybridized carbons (Fsp3) is 0.667. The van der Waals surface area contributed by atoms with Gasteiger partial charge in [0.2, 0.25) is 0 Å². The highest BCUT2D eigenvalue weighted by atomic mass is 15.2. The van der Waals surface area contributed by atoms with Crippen LogP contribution >= 0.6 is 0 Å². The summed E-state index contributed by atoms with van der Waals surface area (Å²) < 4.78 is 0.